The van der Waals surface area contributed by atoms with Gasteiger partial charge in [-0.05, 0) is 6.92 Å². The van der Waals surface area contributed by atoms with E-state index in [0.29, 0.717) is 24.8 Å². The third-order valence-corrected chi connectivity index (χ3v) is 3.58. The van der Waals surface area contributed by atoms with E-state index in [0.717, 1.165) is 25.3 Å². The van der Waals surface area contributed by atoms with Crippen LogP contribution in [0.2, 0.25) is 0 Å². The minimum Gasteiger partial charge on any atom is -0.450 e. The van der Waals surface area contributed by atoms with Crippen molar-refractivity contribution in [3.05, 3.63) is 11.1 Å². The Bertz CT molecular complexity index is 402. The molecule has 18 heavy (non-hydrogen) atoms. The van der Waals surface area contributed by atoms with Gasteiger partial charge in [-0.1, -0.05) is 0 Å². The number of aromatic nitrogens is 1. The number of nitrogen functional groups attached to an aromatic ring is 1. The fraction of sp³-hybridized carbons (Fsp3) is 0.636. The van der Waals surface area contributed by atoms with Gasteiger partial charge in [0.1, 0.15) is 0 Å². The van der Waals surface area contributed by atoms with Gasteiger partial charge < -0.3 is 15.4 Å². The van der Waals surface area contributed by atoms with E-state index >= 15 is 0 Å². The molecule has 0 aromatic carbocycles. The number of rotatable bonds is 3. The molecular formula is C11H18N4O2S. The second-order valence-corrected chi connectivity index (χ2v) is 5.03. The number of hydrogen-bond acceptors (Lipinski definition) is 6. The number of thiazole rings is 1. The zero-order valence-corrected chi connectivity index (χ0v) is 11.3. The molecular weight excluding hydrogens is 252 g/mol. The van der Waals surface area contributed by atoms with Crippen molar-refractivity contribution in [3.63, 3.8) is 0 Å². The Labute approximate surface area is 110 Å². The number of piperazine rings is 1. The molecule has 0 bridgehead atoms. The Morgan fingerprint density at radius 2 is 2.22 bits per heavy atom. The van der Waals surface area contributed by atoms with Crippen LogP contribution < -0.4 is 5.73 Å². The van der Waals surface area contributed by atoms with E-state index in [2.05, 4.69) is 9.88 Å². The van der Waals surface area contributed by atoms with Crippen LogP contribution in [0.15, 0.2) is 5.38 Å². The molecule has 7 heteroatoms. The lowest BCUT2D eigenvalue weighted by molar-refractivity contribution is 0.0776. The highest BCUT2D eigenvalue weighted by Gasteiger charge is 2.22. The van der Waals surface area contributed by atoms with Crippen molar-refractivity contribution in [2.24, 2.45) is 0 Å². The lowest BCUT2D eigenvalue weighted by Gasteiger charge is -2.33. The number of carbonyl (C=O) groups excluding carboxylic acids is 1. The summed E-state index contributed by atoms with van der Waals surface area (Å²) in [5, 5.41) is 2.59. The molecule has 0 radical (unpaired) electrons. The number of nitrogens with zero attached hydrogens (tertiary/aromatic N) is 3. The first-order valence-corrected chi connectivity index (χ1v) is 6.91. The average molecular weight is 270 g/mol. The predicted octanol–water partition coefficient (Wildman–Crippen LogP) is 0.999. The van der Waals surface area contributed by atoms with Crippen molar-refractivity contribution in [3.8, 4) is 0 Å². The van der Waals surface area contributed by atoms with Gasteiger partial charge in [-0.25, -0.2) is 9.78 Å². The maximum absolute atomic E-state index is 11.5. The summed E-state index contributed by atoms with van der Waals surface area (Å²) >= 11 is 1.46. The quantitative estimate of drug-likeness (QED) is 0.887. The monoisotopic (exact) mass is 270 g/mol. The van der Waals surface area contributed by atoms with Crippen molar-refractivity contribution < 1.29 is 9.53 Å². The van der Waals surface area contributed by atoms with E-state index in [-0.39, 0.29) is 6.09 Å². The van der Waals surface area contributed by atoms with E-state index in [1.807, 2.05) is 12.3 Å². The average Bonchev–Trinajstić information content (AvgIpc) is 2.76. The molecule has 0 atom stereocenters. The molecule has 2 heterocycles. The number of carbonyl (C=O) groups is 1. The molecule has 0 aliphatic carbocycles. The van der Waals surface area contributed by atoms with Gasteiger partial charge in [0.15, 0.2) is 5.13 Å². The maximum atomic E-state index is 11.5. The van der Waals surface area contributed by atoms with Crippen LogP contribution in [0.3, 0.4) is 0 Å². The molecule has 0 unspecified atom stereocenters. The highest BCUT2D eigenvalue weighted by atomic mass is 32.1. The summed E-state index contributed by atoms with van der Waals surface area (Å²) in [6.45, 7) is 6.14. The molecule has 2 rings (SSSR count). The summed E-state index contributed by atoms with van der Waals surface area (Å²) in [4.78, 5) is 19.8. The molecule has 1 aliphatic heterocycles. The Hall–Kier alpha value is -1.34. The molecule has 100 valence electrons. The Morgan fingerprint density at radius 3 is 2.78 bits per heavy atom. The minimum absolute atomic E-state index is 0.213. The van der Waals surface area contributed by atoms with Gasteiger partial charge >= 0.3 is 6.09 Å². The molecule has 1 aliphatic rings. The van der Waals surface area contributed by atoms with E-state index < -0.39 is 0 Å². The van der Waals surface area contributed by atoms with Gasteiger partial charge in [0.25, 0.3) is 0 Å². The summed E-state index contributed by atoms with van der Waals surface area (Å²) in [5.74, 6) is 0. The highest BCUT2D eigenvalue weighted by Crippen LogP contribution is 2.14. The third kappa shape index (κ3) is 3.33. The van der Waals surface area contributed by atoms with Crippen LogP contribution in [0.5, 0.6) is 0 Å². The Morgan fingerprint density at radius 1 is 1.50 bits per heavy atom. The molecule has 1 amide bonds. The summed E-state index contributed by atoms with van der Waals surface area (Å²) in [5.41, 5.74) is 6.60. The molecule has 2 N–H and O–H groups in total. The Balaban J connectivity index is 1.78. The minimum atomic E-state index is -0.213. The summed E-state index contributed by atoms with van der Waals surface area (Å²) in [6, 6.07) is 0. The number of amides is 1. The first-order chi connectivity index (χ1) is 8.69. The van der Waals surface area contributed by atoms with Gasteiger partial charge in [0, 0.05) is 38.1 Å². The molecule has 0 saturated carbocycles. The molecule has 6 nitrogen and oxygen atoms in total. The predicted molar refractivity (Wildman–Crippen MR) is 70.4 cm³/mol. The SMILES string of the molecule is CCOC(=O)N1CCN(Cc2csc(N)n2)CC1. The number of nitrogens with two attached hydrogens (primary N) is 1. The van der Waals surface area contributed by atoms with Crippen LogP contribution in [-0.2, 0) is 11.3 Å². The zero-order chi connectivity index (χ0) is 13.0. The lowest BCUT2D eigenvalue weighted by atomic mass is 10.3. The fourth-order valence-electron chi connectivity index (χ4n) is 1.93. The van der Waals surface area contributed by atoms with Crippen LogP contribution >= 0.6 is 11.3 Å². The van der Waals surface area contributed by atoms with E-state index in [1.165, 1.54) is 11.3 Å². The van der Waals surface area contributed by atoms with Crippen LogP contribution in [0.25, 0.3) is 0 Å². The normalized spacial score (nSPS) is 16.8. The number of ether oxygens (including phenoxy) is 1. The van der Waals surface area contributed by atoms with Crippen LogP contribution in [0, 0.1) is 0 Å². The second-order valence-electron chi connectivity index (χ2n) is 4.14. The van der Waals surface area contributed by atoms with E-state index in [1.54, 1.807) is 4.90 Å². The Kier molecular flexibility index (Phi) is 4.38. The van der Waals surface area contributed by atoms with Crippen LogP contribution in [-0.4, -0.2) is 53.7 Å². The van der Waals surface area contributed by atoms with Crippen LogP contribution in [0.4, 0.5) is 9.93 Å². The standard InChI is InChI=1S/C11H18N4O2S/c1-2-17-11(16)15-5-3-14(4-6-15)7-9-8-18-10(12)13-9/h8H,2-7H2,1H3,(H2,12,13). The molecule has 1 aromatic rings. The van der Waals surface area contributed by atoms with Gasteiger partial charge in [-0.2, -0.15) is 0 Å². The van der Waals surface area contributed by atoms with E-state index in [9.17, 15) is 4.79 Å². The van der Waals surface area contributed by atoms with Gasteiger partial charge in [0.05, 0.1) is 12.3 Å². The molecule has 1 saturated heterocycles. The van der Waals surface area contributed by atoms with Gasteiger partial charge in [0.2, 0.25) is 0 Å². The van der Waals surface area contributed by atoms with Gasteiger partial charge in [-0.15, -0.1) is 11.3 Å². The number of hydrogen-bond donors (Lipinski definition) is 1. The van der Waals surface area contributed by atoms with Crippen molar-refractivity contribution >= 4 is 22.6 Å². The van der Waals surface area contributed by atoms with Crippen molar-refractivity contribution in [1.82, 2.24) is 14.8 Å². The lowest BCUT2D eigenvalue weighted by Crippen LogP contribution is -2.48. The summed E-state index contributed by atoms with van der Waals surface area (Å²) < 4.78 is 4.98. The first kappa shape index (κ1) is 13.1. The van der Waals surface area contributed by atoms with Crippen molar-refractivity contribution in [2.45, 2.75) is 13.5 Å². The zero-order valence-electron chi connectivity index (χ0n) is 10.5. The third-order valence-electron chi connectivity index (χ3n) is 2.85. The topological polar surface area (TPSA) is 71.7 Å². The molecule has 1 aromatic heterocycles. The van der Waals surface area contributed by atoms with Gasteiger partial charge in [-0.3, -0.25) is 4.90 Å². The molecule has 1 fully saturated rings. The summed E-state index contributed by atoms with van der Waals surface area (Å²) in [6.07, 6.45) is -0.213. The maximum Gasteiger partial charge on any atom is 0.409 e. The van der Waals surface area contributed by atoms with Crippen LogP contribution in [0.1, 0.15) is 12.6 Å². The first-order valence-electron chi connectivity index (χ1n) is 6.03. The molecule has 0 spiro atoms. The van der Waals surface area contributed by atoms with E-state index in [4.69, 9.17) is 10.5 Å². The second kappa shape index (κ2) is 6.01. The largest absolute Gasteiger partial charge is 0.450 e. The van der Waals surface area contributed by atoms with Crippen molar-refractivity contribution in [1.29, 1.82) is 0 Å². The number of anilines is 1. The highest BCUT2D eigenvalue weighted by molar-refractivity contribution is 7.13. The smallest absolute Gasteiger partial charge is 0.409 e. The summed E-state index contributed by atoms with van der Waals surface area (Å²) in [7, 11) is 0. The fourth-order valence-corrected chi connectivity index (χ4v) is 2.48. The van der Waals surface area contributed by atoms with Crippen molar-refractivity contribution in [2.75, 3.05) is 38.5 Å².